The molecule has 0 aromatic carbocycles. The van der Waals surface area contributed by atoms with E-state index in [1.807, 2.05) is 0 Å². The number of hydrogen-bond donors (Lipinski definition) is 0. The molecule has 114 valence electrons. The molecule has 1 aromatic heterocycles. The predicted molar refractivity (Wildman–Crippen MR) is 79.9 cm³/mol. The lowest BCUT2D eigenvalue weighted by Gasteiger charge is -2.33. The number of piperidine rings is 1. The van der Waals surface area contributed by atoms with Gasteiger partial charge in [0.1, 0.15) is 27.0 Å². The van der Waals surface area contributed by atoms with Gasteiger partial charge in [-0.1, -0.05) is 0 Å². The average molecular weight is 375 g/mol. The van der Waals surface area contributed by atoms with Gasteiger partial charge >= 0.3 is 6.09 Å². The van der Waals surface area contributed by atoms with Crippen LogP contribution in [0.4, 0.5) is 4.79 Å². The number of rotatable bonds is 1. The topological polar surface area (TPSA) is 76.6 Å². The molecule has 6 nitrogen and oxygen atoms in total. The molecular weight excluding hydrogens is 360 g/mol. The summed E-state index contributed by atoms with van der Waals surface area (Å²) in [4.78, 5) is 41.3. The van der Waals surface area contributed by atoms with Gasteiger partial charge in [-0.15, -0.1) is 11.3 Å². The largest absolute Gasteiger partial charge is 0.443 e. The summed E-state index contributed by atoms with van der Waals surface area (Å²) in [6.07, 6.45) is -0.941. The second-order valence-corrected chi connectivity index (χ2v) is 7.39. The van der Waals surface area contributed by atoms with Crippen LogP contribution in [0.5, 0.6) is 0 Å². The van der Waals surface area contributed by atoms with E-state index in [0.717, 1.165) is 4.90 Å². The first-order valence-electron chi connectivity index (χ1n) is 6.35. The summed E-state index contributed by atoms with van der Waals surface area (Å²) in [5.74, 6) is -0.743. The summed E-state index contributed by atoms with van der Waals surface area (Å²) in [7, 11) is 0. The fourth-order valence-corrected chi connectivity index (χ4v) is 3.32. The second-order valence-electron chi connectivity index (χ2n) is 5.69. The van der Waals surface area contributed by atoms with Crippen molar-refractivity contribution in [2.24, 2.45) is 0 Å². The lowest BCUT2D eigenvalue weighted by molar-refractivity contribution is -0.141. The Hall–Kier alpha value is -1.28. The number of likely N-dealkylation sites (tertiary alicyclic amines) is 1. The van der Waals surface area contributed by atoms with E-state index >= 15 is 0 Å². The van der Waals surface area contributed by atoms with Crippen LogP contribution in [-0.2, 0) is 14.3 Å². The molecule has 0 aliphatic carbocycles. The van der Waals surface area contributed by atoms with E-state index < -0.39 is 23.6 Å². The van der Waals surface area contributed by atoms with Crippen LogP contribution < -0.4 is 0 Å². The third-order valence-corrected chi connectivity index (χ3v) is 4.37. The zero-order chi connectivity index (χ0) is 15.8. The van der Waals surface area contributed by atoms with Crippen LogP contribution in [0.1, 0.15) is 44.7 Å². The van der Waals surface area contributed by atoms with Crippen LogP contribution in [0.15, 0.2) is 9.98 Å². The smallest absolute Gasteiger partial charge is 0.417 e. The Bertz CT molecular complexity index is 593. The monoisotopic (exact) mass is 374 g/mol. The highest BCUT2D eigenvalue weighted by Gasteiger charge is 2.41. The molecule has 0 N–H and O–H groups in total. The first kappa shape index (κ1) is 16.1. The number of amides is 2. The third-order valence-electron chi connectivity index (χ3n) is 2.72. The molecule has 1 atom stereocenters. The van der Waals surface area contributed by atoms with Crippen molar-refractivity contribution in [1.29, 1.82) is 0 Å². The Kier molecular flexibility index (Phi) is 4.48. The first-order valence-corrected chi connectivity index (χ1v) is 8.02. The minimum absolute atomic E-state index is 0.0743. The van der Waals surface area contributed by atoms with Crippen molar-refractivity contribution in [2.45, 2.75) is 45.3 Å². The highest BCUT2D eigenvalue weighted by Crippen LogP contribution is 2.34. The number of carbonyl (C=O) groups excluding carboxylic acids is 3. The van der Waals surface area contributed by atoms with Crippen molar-refractivity contribution in [1.82, 2.24) is 9.88 Å². The Balaban J connectivity index is 2.31. The molecule has 1 saturated heterocycles. The Morgan fingerprint density at radius 1 is 1.48 bits per heavy atom. The van der Waals surface area contributed by atoms with Crippen molar-refractivity contribution in [3.05, 3.63) is 15.0 Å². The number of hydrogen-bond acceptors (Lipinski definition) is 6. The molecule has 0 bridgehead atoms. The summed E-state index contributed by atoms with van der Waals surface area (Å²) in [5.41, 5.74) is -0.715. The van der Waals surface area contributed by atoms with Crippen molar-refractivity contribution in [2.75, 3.05) is 0 Å². The van der Waals surface area contributed by atoms with E-state index in [1.54, 1.807) is 26.2 Å². The molecule has 8 heteroatoms. The number of nitrogens with zero attached hydrogens (tertiary/aromatic N) is 2. The zero-order valence-corrected chi connectivity index (χ0v) is 14.3. The molecule has 2 amide bonds. The molecule has 1 aliphatic rings. The minimum Gasteiger partial charge on any atom is -0.443 e. The highest BCUT2D eigenvalue weighted by molar-refractivity contribution is 9.10. The van der Waals surface area contributed by atoms with Crippen molar-refractivity contribution >= 4 is 45.1 Å². The van der Waals surface area contributed by atoms with Crippen LogP contribution in [0.3, 0.4) is 0 Å². The summed E-state index contributed by atoms with van der Waals surface area (Å²) in [6, 6.07) is -0.690. The molecule has 0 saturated carbocycles. The van der Waals surface area contributed by atoms with E-state index in [4.69, 9.17) is 4.74 Å². The Labute approximate surface area is 134 Å². The van der Waals surface area contributed by atoms with E-state index in [-0.39, 0.29) is 18.6 Å². The SMILES string of the molecule is CC(C)(C)OC(=O)N1C(=O)CC(=O)CC1c1nc(Br)cs1. The van der Waals surface area contributed by atoms with Gasteiger partial charge in [0.15, 0.2) is 0 Å². The van der Waals surface area contributed by atoms with Gasteiger partial charge in [-0.05, 0) is 36.7 Å². The number of halogens is 1. The lowest BCUT2D eigenvalue weighted by atomic mass is 10.0. The number of thiazole rings is 1. The third kappa shape index (κ3) is 3.88. The average Bonchev–Trinajstić information content (AvgIpc) is 2.72. The first-order chi connectivity index (χ1) is 9.67. The number of imide groups is 1. The van der Waals surface area contributed by atoms with Crippen molar-refractivity contribution < 1.29 is 19.1 Å². The summed E-state index contributed by atoms with van der Waals surface area (Å²) < 4.78 is 5.87. The summed E-state index contributed by atoms with van der Waals surface area (Å²) in [5, 5.41) is 2.28. The van der Waals surface area contributed by atoms with Gasteiger partial charge in [0.25, 0.3) is 0 Å². The molecule has 1 aromatic rings. The molecule has 1 fully saturated rings. The van der Waals surface area contributed by atoms with Crippen LogP contribution in [0.25, 0.3) is 0 Å². The second kappa shape index (κ2) is 5.84. The quantitative estimate of drug-likeness (QED) is 0.705. The molecule has 2 heterocycles. The Morgan fingerprint density at radius 3 is 2.67 bits per heavy atom. The molecule has 2 rings (SSSR count). The van der Waals surface area contributed by atoms with Gasteiger partial charge in [0.2, 0.25) is 5.91 Å². The van der Waals surface area contributed by atoms with Crippen LogP contribution in [-0.4, -0.2) is 33.3 Å². The summed E-state index contributed by atoms with van der Waals surface area (Å²) in [6.45, 7) is 5.17. The van der Waals surface area contributed by atoms with E-state index in [1.165, 1.54) is 11.3 Å². The van der Waals surface area contributed by atoms with E-state index in [9.17, 15) is 14.4 Å². The molecule has 0 radical (unpaired) electrons. The van der Waals surface area contributed by atoms with Gasteiger partial charge in [-0.3, -0.25) is 9.59 Å². The van der Waals surface area contributed by atoms with Crippen LogP contribution in [0.2, 0.25) is 0 Å². The molecule has 21 heavy (non-hydrogen) atoms. The highest BCUT2D eigenvalue weighted by atomic mass is 79.9. The number of ether oxygens (including phenoxy) is 1. The number of aromatic nitrogens is 1. The van der Waals surface area contributed by atoms with Gasteiger partial charge in [0.05, 0.1) is 6.42 Å². The number of carbonyl (C=O) groups is 3. The molecule has 1 aliphatic heterocycles. The van der Waals surface area contributed by atoms with Crippen LogP contribution >= 0.6 is 27.3 Å². The molecular formula is C13H15BrN2O4S. The minimum atomic E-state index is -0.740. The van der Waals surface area contributed by atoms with E-state index in [0.29, 0.717) is 9.61 Å². The van der Waals surface area contributed by atoms with Crippen molar-refractivity contribution in [3.8, 4) is 0 Å². The maximum Gasteiger partial charge on any atom is 0.417 e. The fraction of sp³-hybridized carbons (Fsp3) is 0.538. The summed E-state index contributed by atoms with van der Waals surface area (Å²) >= 11 is 4.52. The van der Waals surface area contributed by atoms with Gasteiger partial charge < -0.3 is 4.74 Å². The lowest BCUT2D eigenvalue weighted by Crippen LogP contribution is -2.47. The standard InChI is InChI=1S/C13H15BrN2O4S/c1-13(2,3)20-12(19)16-8(4-7(17)5-10(16)18)11-15-9(14)6-21-11/h6,8H,4-5H2,1-3H3. The zero-order valence-electron chi connectivity index (χ0n) is 11.9. The Morgan fingerprint density at radius 2 is 2.14 bits per heavy atom. The number of ketones is 1. The van der Waals surface area contributed by atoms with E-state index in [2.05, 4.69) is 20.9 Å². The van der Waals surface area contributed by atoms with Crippen molar-refractivity contribution in [3.63, 3.8) is 0 Å². The molecule has 0 spiro atoms. The van der Waals surface area contributed by atoms with Gasteiger partial charge in [-0.25, -0.2) is 14.7 Å². The maximum atomic E-state index is 12.3. The predicted octanol–water partition coefficient (Wildman–Crippen LogP) is 3.07. The number of Topliss-reactive ketones (excluding diaryl/α,β-unsaturated/α-hetero) is 1. The van der Waals surface area contributed by atoms with Crippen LogP contribution in [0, 0.1) is 0 Å². The fourth-order valence-electron chi connectivity index (χ4n) is 1.96. The maximum absolute atomic E-state index is 12.3. The van der Waals surface area contributed by atoms with Gasteiger partial charge in [0, 0.05) is 11.8 Å². The normalized spacial score (nSPS) is 19.8. The van der Waals surface area contributed by atoms with Gasteiger partial charge in [-0.2, -0.15) is 0 Å². The molecule has 1 unspecified atom stereocenters.